The van der Waals surface area contributed by atoms with Crippen molar-refractivity contribution in [2.24, 2.45) is 0 Å². The highest BCUT2D eigenvalue weighted by atomic mass is 35.5. The lowest BCUT2D eigenvalue weighted by molar-refractivity contribution is 1.06. The molecule has 0 amide bonds. The highest BCUT2D eigenvalue weighted by molar-refractivity contribution is 7.71. The lowest BCUT2D eigenvalue weighted by Gasteiger charge is -2.05. The van der Waals surface area contributed by atoms with E-state index in [2.05, 4.69) is 9.97 Å². The summed E-state index contributed by atoms with van der Waals surface area (Å²) >= 11 is 10.8. The van der Waals surface area contributed by atoms with E-state index in [1.807, 2.05) is 12.1 Å². The van der Waals surface area contributed by atoms with E-state index in [0.29, 0.717) is 21.1 Å². The number of aromatic amines is 2. The van der Waals surface area contributed by atoms with Crippen LogP contribution in [0.25, 0.3) is 11.3 Å². The molecular formula is C11H9ClN2OS. The summed E-state index contributed by atoms with van der Waals surface area (Å²) in [5.74, 6) is 0. The van der Waals surface area contributed by atoms with E-state index in [-0.39, 0.29) is 5.56 Å². The normalized spacial score (nSPS) is 10.4. The summed E-state index contributed by atoms with van der Waals surface area (Å²) in [6, 6.07) is 7.27. The van der Waals surface area contributed by atoms with Gasteiger partial charge in [-0.05, 0) is 36.8 Å². The van der Waals surface area contributed by atoms with Gasteiger partial charge >= 0.3 is 0 Å². The van der Waals surface area contributed by atoms with Crippen LogP contribution in [0.5, 0.6) is 0 Å². The van der Waals surface area contributed by atoms with Gasteiger partial charge in [0.2, 0.25) is 0 Å². The molecule has 0 atom stereocenters. The molecule has 1 aromatic heterocycles. The zero-order valence-corrected chi connectivity index (χ0v) is 10.1. The van der Waals surface area contributed by atoms with E-state index >= 15 is 0 Å². The van der Waals surface area contributed by atoms with E-state index in [1.165, 1.54) is 0 Å². The van der Waals surface area contributed by atoms with E-state index in [9.17, 15) is 4.79 Å². The second-order valence-electron chi connectivity index (χ2n) is 3.42. The molecule has 2 N–H and O–H groups in total. The summed E-state index contributed by atoms with van der Waals surface area (Å²) in [5.41, 5.74) is 1.97. The van der Waals surface area contributed by atoms with Crippen molar-refractivity contribution < 1.29 is 0 Å². The first kappa shape index (κ1) is 11.1. The van der Waals surface area contributed by atoms with Gasteiger partial charge < -0.3 is 4.98 Å². The molecule has 0 radical (unpaired) electrons. The predicted molar refractivity (Wildman–Crippen MR) is 67.4 cm³/mol. The minimum Gasteiger partial charge on any atom is -0.332 e. The van der Waals surface area contributed by atoms with E-state index in [0.717, 1.165) is 5.56 Å². The predicted octanol–water partition coefficient (Wildman–Crippen LogP) is 3.06. The van der Waals surface area contributed by atoms with Crippen molar-refractivity contribution in [3.8, 4) is 11.3 Å². The number of halogens is 1. The Morgan fingerprint density at radius 1 is 1.31 bits per heavy atom. The second-order valence-corrected chi connectivity index (χ2v) is 4.26. The molecule has 0 spiro atoms. The number of H-pyrrole nitrogens is 2. The zero-order valence-electron chi connectivity index (χ0n) is 8.50. The first-order valence-electron chi connectivity index (χ1n) is 4.67. The minimum absolute atomic E-state index is 0.182. The standard InChI is InChI=1S/C11H9ClN2OS/c1-6-9(13-11(16)14-10(6)15)7-3-2-4-8(12)5-7/h2-5H,1H3,(H2,13,14,15,16). The van der Waals surface area contributed by atoms with Crippen LogP contribution in [0.15, 0.2) is 29.1 Å². The first-order chi connectivity index (χ1) is 7.58. The minimum atomic E-state index is -0.182. The molecule has 2 aromatic rings. The van der Waals surface area contributed by atoms with Crippen LogP contribution in [-0.2, 0) is 0 Å². The number of hydrogen-bond acceptors (Lipinski definition) is 2. The Morgan fingerprint density at radius 2 is 2.06 bits per heavy atom. The number of benzene rings is 1. The van der Waals surface area contributed by atoms with Crippen molar-refractivity contribution in [2.75, 3.05) is 0 Å². The van der Waals surface area contributed by atoms with Gasteiger partial charge in [0, 0.05) is 10.6 Å². The van der Waals surface area contributed by atoms with Crippen LogP contribution in [-0.4, -0.2) is 9.97 Å². The summed E-state index contributed by atoms with van der Waals surface area (Å²) in [6.07, 6.45) is 0. The van der Waals surface area contributed by atoms with Gasteiger partial charge in [0.05, 0.1) is 5.69 Å². The van der Waals surface area contributed by atoms with Gasteiger partial charge in [0.15, 0.2) is 4.77 Å². The largest absolute Gasteiger partial charge is 0.332 e. The molecule has 82 valence electrons. The van der Waals surface area contributed by atoms with Crippen molar-refractivity contribution >= 4 is 23.8 Å². The van der Waals surface area contributed by atoms with Gasteiger partial charge in [-0.15, -0.1) is 0 Å². The molecule has 3 nitrogen and oxygen atoms in total. The van der Waals surface area contributed by atoms with Crippen molar-refractivity contribution in [3.05, 3.63) is 50.0 Å². The molecule has 0 saturated carbocycles. The van der Waals surface area contributed by atoms with Crippen molar-refractivity contribution in [1.29, 1.82) is 0 Å². The summed E-state index contributed by atoms with van der Waals surface area (Å²) in [7, 11) is 0. The Balaban J connectivity index is 2.74. The molecule has 5 heteroatoms. The van der Waals surface area contributed by atoms with E-state index in [1.54, 1.807) is 19.1 Å². The molecule has 2 rings (SSSR count). The van der Waals surface area contributed by atoms with E-state index in [4.69, 9.17) is 23.8 Å². The molecule has 0 aliphatic rings. The van der Waals surface area contributed by atoms with Crippen LogP contribution < -0.4 is 5.56 Å². The fourth-order valence-corrected chi connectivity index (χ4v) is 1.87. The monoisotopic (exact) mass is 252 g/mol. The summed E-state index contributed by atoms with van der Waals surface area (Å²) in [6.45, 7) is 1.74. The smallest absolute Gasteiger partial charge is 0.255 e. The summed E-state index contributed by atoms with van der Waals surface area (Å²) in [4.78, 5) is 17.0. The molecule has 0 unspecified atom stereocenters. The Morgan fingerprint density at radius 3 is 2.75 bits per heavy atom. The quantitative estimate of drug-likeness (QED) is 0.767. The third-order valence-electron chi connectivity index (χ3n) is 2.29. The number of hydrogen-bond donors (Lipinski definition) is 2. The lowest BCUT2D eigenvalue weighted by Crippen LogP contribution is -2.12. The summed E-state index contributed by atoms with van der Waals surface area (Å²) in [5, 5.41) is 0.622. The maximum Gasteiger partial charge on any atom is 0.255 e. The van der Waals surface area contributed by atoms with Crippen LogP contribution >= 0.6 is 23.8 Å². The third-order valence-corrected chi connectivity index (χ3v) is 2.73. The molecular weight excluding hydrogens is 244 g/mol. The lowest BCUT2D eigenvalue weighted by atomic mass is 10.1. The molecule has 1 aromatic carbocycles. The Kier molecular flexibility index (Phi) is 2.94. The molecule has 0 aliphatic carbocycles. The molecule has 0 fully saturated rings. The van der Waals surface area contributed by atoms with Gasteiger partial charge in [-0.2, -0.15) is 0 Å². The molecule has 0 saturated heterocycles. The Hall–Kier alpha value is -1.39. The highest BCUT2D eigenvalue weighted by Crippen LogP contribution is 2.21. The molecule has 0 aliphatic heterocycles. The van der Waals surface area contributed by atoms with Crippen LogP contribution in [0.3, 0.4) is 0 Å². The fourth-order valence-electron chi connectivity index (χ4n) is 1.48. The third kappa shape index (κ3) is 2.08. The number of rotatable bonds is 1. The van der Waals surface area contributed by atoms with Crippen LogP contribution in [0.4, 0.5) is 0 Å². The maximum absolute atomic E-state index is 11.5. The van der Waals surface area contributed by atoms with Gasteiger partial charge in [0.1, 0.15) is 0 Å². The average Bonchev–Trinajstić information content (AvgIpc) is 2.23. The molecule has 16 heavy (non-hydrogen) atoms. The first-order valence-corrected chi connectivity index (χ1v) is 5.45. The van der Waals surface area contributed by atoms with Gasteiger partial charge in [-0.3, -0.25) is 9.78 Å². The second kappa shape index (κ2) is 4.23. The maximum atomic E-state index is 11.5. The van der Waals surface area contributed by atoms with Crippen molar-refractivity contribution in [2.45, 2.75) is 6.92 Å². The highest BCUT2D eigenvalue weighted by Gasteiger charge is 2.06. The Labute approximate surface area is 102 Å². The van der Waals surface area contributed by atoms with Crippen molar-refractivity contribution in [3.63, 3.8) is 0 Å². The Bertz CT molecular complexity index is 645. The molecule has 0 bridgehead atoms. The van der Waals surface area contributed by atoms with Gasteiger partial charge in [-0.1, -0.05) is 23.7 Å². The van der Waals surface area contributed by atoms with Crippen LogP contribution in [0.1, 0.15) is 5.56 Å². The number of nitrogens with one attached hydrogen (secondary N) is 2. The van der Waals surface area contributed by atoms with Gasteiger partial charge in [0.25, 0.3) is 5.56 Å². The van der Waals surface area contributed by atoms with Gasteiger partial charge in [-0.25, -0.2) is 0 Å². The van der Waals surface area contributed by atoms with Crippen LogP contribution in [0.2, 0.25) is 5.02 Å². The topological polar surface area (TPSA) is 48.6 Å². The number of aromatic nitrogens is 2. The average molecular weight is 253 g/mol. The van der Waals surface area contributed by atoms with Crippen molar-refractivity contribution in [1.82, 2.24) is 9.97 Å². The van der Waals surface area contributed by atoms with E-state index < -0.39 is 0 Å². The summed E-state index contributed by atoms with van der Waals surface area (Å²) < 4.78 is 0.311. The molecule has 1 heterocycles. The fraction of sp³-hybridized carbons (Fsp3) is 0.0909. The SMILES string of the molecule is Cc1c(-c2cccc(Cl)c2)[nH]c(=S)[nH]c1=O. The van der Waals surface area contributed by atoms with Crippen LogP contribution in [0, 0.1) is 11.7 Å². The zero-order chi connectivity index (χ0) is 11.7.